The van der Waals surface area contributed by atoms with Gasteiger partial charge < -0.3 is 9.30 Å². The molecule has 0 fully saturated rings. The Kier molecular flexibility index (Phi) is 3.44. The quantitative estimate of drug-likeness (QED) is 0.687. The lowest BCUT2D eigenvalue weighted by Crippen LogP contribution is -1.95. The van der Waals surface area contributed by atoms with Crippen LogP contribution in [0.2, 0.25) is 0 Å². The molecule has 0 bridgehead atoms. The Morgan fingerprint density at radius 3 is 2.76 bits per heavy atom. The van der Waals surface area contributed by atoms with Gasteiger partial charge in [0.2, 0.25) is 0 Å². The average Bonchev–Trinajstić information content (AvgIpc) is 2.83. The second-order valence-electron chi connectivity index (χ2n) is 4.95. The maximum Gasteiger partial charge on any atom is 0.152 e. The Hall–Kier alpha value is -2.62. The molecule has 2 aromatic carbocycles. The Bertz CT molecular complexity index is 818. The summed E-state index contributed by atoms with van der Waals surface area (Å²) in [6, 6.07) is 14.0. The van der Waals surface area contributed by atoms with Crippen LogP contribution in [0, 0.1) is 6.92 Å². The van der Waals surface area contributed by atoms with Gasteiger partial charge in [0.1, 0.15) is 11.4 Å². The molecule has 0 unspecified atom stereocenters. The first-order valence-corrected chi connectivity index (χ1v) is 6.79. The van der Waals surface area contributed by atoms with Gasteiger partial charge in [0, 0.05) is 7.05 Å². The van der Waals surface area contributed by atoms with E-state index in [1.807, 2.05) is 61.0 Å². The molecule has 1 heterocycles. The number of hydrogen-bond acceptors (Lipinski definition) is 3. The summed E-state index contributed by atoms with van der Waals surface area (Å²) in [6.07, 6.45) is 1.77. The average molecular weight is 279 g/mol. The van der Waals surface area contributed by atoms with Crippen LogP contribution in [0.1, 0.15) is 11.4 Å². The van der Waals surface area contributed by atoms with Gasteiger partial charge in [-0.3, -0.25) is 0 Å². The van der Waals surface area contributed by atoms with E-state index in [-0.39, 0.29) is 0 Å². The molecule has 3 rings (SSSR count). The van der Waals surface area contributed by atoms with Crippen molar-refractivity contribution in [2.75, 3.05) is 7.11 Å². The normalized spacial score (nSPS) is 11.4. The van der Waals surface area contributed by atoms with Gasteiger partial charge in [-0.2, -0.15) is 0 Å². The van der Waals surface area contributed by atoms with Gasteiger partial charge in [0.25, 0.3) is 0 Å². The molecular formula is C17H17N3O. The standard InChI is InChI=1S/C17H17N3O/c1-12-8-9-14(16(10-12)21-3)18-11-17-19-13-6-4-5-7-15(13)20(17)2/h4-11H,1-3H3. The summed E-state index contributed by atoms with van der Waals surface area (Å²) in [4.78, 5) is 9.08. The SMILES string of the molecule is COc1cc(C)ccc1N=Cc1nc2ccccc2n1C. The van der Waals surface area contributed by atoms with Gasteiger partial charge in [-0.15, -0.1) is 0 Å². The van der Waals surface area contributed by atoms with Crippen LogP contribution in [0.4, 0.5) is 5.69 Å². The highest BCUT2D eigenvalue weighted by molar-refractivity contribution is 5.86. The zero-order valence-corrected chi connectivity index (χ0v) is 12.4. The lowest BCUT2D eigenvalue weighted by atomic mass is 10.2. The van der Waals surface area contributed by atoms with Crippen LogP contribution in [0.25, 0.3) is 11.0 Å². The number of ether oxygens (including phenoxy) is 1. The topological polar surface area (TPSA) is 39.4 Å². The summed E-state index contributed by atoms with van der Waals surface area (Å²) in [6.45, 7) is 2.03. The molecule has 0 radical (unpaired) electrons. The first-order valence-electron chi connectivity index (χ1n) is 6.79. The van der Waals surface area contributed by atoms with E-state index in [0.29, 0.717) is 0 Å². The van der Waals surface area contributed by atoms with Gasteiger partial charge in [0.05, 0.1) is 24.4 Å². The molecule has 0 saturated heterocycles. The van der Waals surface area contributed by atoms with Crippen molar-refractivity contribution < 1.29 is 4.74 Å². The maximum atomic E-state index is 5.36. The van der Waals surface area contributed by atoms with Gasteiger partial charge in [-0.1, -0.05) is 18.2 Å². The highest BCUT2D eigenvalue weighted by Crippen LogP contribution is 2.28. The van der Waals surface area contributed by atoms with Crippen LogP contribution in [-0.4, -0.2) is 22.9 Å². The lowest BCUT2D eigenvalue weighted by molar-refractivity contribution is 0.416. The fourth-order valence-corrected chi connectivity index (χ4v) is 2.30. The monoisotopic (exact) mass is 279 g/mol. The fraction of sp³-hybridized carbons (Fsp3) is 0.176. The third-order valence-corrected chi connectivity index (χ3v) is 3.48. The Labute approximate surface area is 123 Å². The zero-order valence-electron chi connectivity index (χ0n) is 12.4. The second-order valence-corrected chi connectivity index (χ2v) is 4.95. The largest absolute Gasteiger partial charge is 0.494 e. The summed E-state index contributed by atoms with van der Waals surface area (Å²) in [5.41, 5.74) is 4.01. The molecule has 21 heavy (non-hydrogen) atoms. The van der Waals surface area contributed by atoms with Crippen molar-refractivity contribution in [1.82, 2.24) is 9.55 Å². The molecule has 3 aromatic rings. The van der Waals surface area contributed by atoms with E-state index in [1.165, 1.54) is 0 Å². The molecule has 4 heteroatoms. The van der Waals surface area contributed by atoms with E-state index in [4.69, 9.17) is 4.74 Å². The van der Waals surface area contributed by atoms with E-state index in [0.717, 1.165) is 33.9 Å². The molecule has 0 aliphatic heterocycles. The molecule has 0 saturated carbocycles. The summed E-state index contributed by atoms with van der Waals surface area (Å²) in [5.74, 6) is 1.59. The number of methoxy groups -OCH3 is 1. The summed E-state index contributed by atoms with van der Waals surface area (Å²) >= 11 is 0. The van der Waals surface area contributed by atoms with E-state index >= 15 is 0 Å². The van der Waals surface area contributed by atoms with Crippen LogP contribution in [0.5, 0.6) is 5.75 Å². The minimum absolute atomic E-state index is 0.769. The molecule has 1 aromatic heterocycles. The second kappa shape index (κ2) is 5.40. The number of aromatic nitrogens is 2. The highest BCUT2D eigenvalue weighted by atomic mass is 16.5. The molecule has 0 amide bonds. The minimum Gasteiger partial charge on any atom is -0.494 e. The highest BCUT2D eigenvalue weighted by Gasteiger charge is 2.05. The number of aryl methyl sites for hydroxylation is 2. The summed E-state index contributed by atoms with van der Waals surface area (Å²) in [7, 11) is 3.64. The molecule has 0 aliphatic rings. The first kappa shape index (κ1) is 13.4. The van der Waals surface area contributed by atoms with Gasteiger partial charge in [0.15, 0.2) is 5.82 Å². The number of hydrogen-bond donors (Lipinski definition) is 0. The van der Waals surface area contributed by atoms with Crippen molar-refractivity contribution in [3.63, 3.8) is 0 Å². The Balaban J connectivity index is 2.00. The van der Waals surface area contributed by atoms with Crippen molar-refractivity contribution in [1.29, 1.82) is 0 Å². The third kappa shape index (κ3) is 2.52. The lowest BCUT2D eigenvalue weighted by Gasteiger charge is -2.04. The van der Waals surface area contributed by atoms with Gasteiger partial charge in [-0.25, -0.2) is 9.98 Å². The van der Waals surface area contributed by atoms with Crippen LogP contribution < -0.4 is 4.74 Å². The van der Waals surface area contributed by atoms with E-state index < -0.39 is 0 Å². The molecule has 0 spiro atoms. The molecule has 0 aliphatic carbocycles. The van der Waals surface area contributed by atoms with Crippen molar-refractivity contribution >= 4 is 22.9 Å². The van der Waals surface area contributed by atoms with Crippen LogP contribution in [0.15, 0.2) is 47.5 Å². The number of para-hydroxylation sites is 2. The number of nitrogens with zero attached hydrogens (tertiary/aromatic N) is 3. The number of imidazole rings is 1. The predicted molar refractivity (Wildman–Crippen MR) is 85.7 cm³/mol. The molecule has 0 N–H and O–H groups in total. The minimum atomic E-state index is 0.769. The molecule has 4 nitrogen and oxygen atoms in total. The van der Waals surface area contributed by atoms with E-state index in [2.05, 4.69) is 9.98 Å². The number of fused-ring (bicyclic) bond motifs is 1. The van der Waals surface area contributed by atoms with Crippen molar-refractivity contribution in [3.05, 3.63) is 53.9 Å². The molecule has 106 valence electrons. The van der Waals surface area contributed by atoms with E-state index in [9.17, 15) is 0 Å². The number of benzene rings is 2. The van der Waals surface area contributed by atoms with Crippen molar-refractivity contribution in [2.24, 2.45) is 12.0 Å². The number of rotatable bonds is 3. The number of aliphatic imine (C=N–C) groups is 1. The van der Waals surface area contributed by atoms with Crippen molar-refractivity contribution in [3.8, 4) is 5.75 Å². The summed E-state index contributed by atoms with van der Waals surface area (Å²) in [5, 5.41) is 0. The smallest absolute Gasteiger partial charge is 0.152 e. The third-order valence-electron chi connectivity index (χ3n) is 3.48. The van der Waals surface area contributed by atoms with Crippen LogP contribution >= 0.6 is 0 Å². The summed E-state index contributed by atoms with van der Waals surface area (Å²) < 4.78 is 7.39. The van der Waals surface area contributed by atoms with E-state index in [1.54, 1.807) is 13.3 Å². The maximum absolute atomic E-state index is 5.36. The Morgan fingerprint density at radius 1 is 1.19 bits per heavy atom. The van der Waals surface area contributed by atoms with Crippen LogP contribution in [-0.2, 0) is 7.05 Å². The fourth-order valence-electron chi connectivity index (χ4n) is 2.30. The Morgan fingerprint density at radius 2 is 2.00 bits per heavy atom. The molecular weight excluding hydrogens is 262 g/mol. The van der Waals surface area contributed by atoms with Crippen molar-refractivity contribution in [2.45, 2.75) is 6.92 Å². The predicted octanol–water partition coefficient (Wildman–Crippen LogP) is 3.64. The first-order chi connectivity index (χ1) is 10.2. The van der Waals surface area contributed by atoms with Gasteiger partial charge in [-0.05, 0) is 36.8 Å². The van der Waals surface area contributed by atoms with Gasteiger partial charge >= 0.3 is 0 Å². The zero-order chi connectivity index (χ0) is 14.8. The molecule has 0 atom stereocenters. The van der Waals surface area contributed by atoms with Crippen LogP contribution in [0.3, 0.4) is 0 Å².